The zero-order valence-electron chi connectivity index (χ0n) is 7.56. The minimum absolute atomic E-state index is 0.287. The van der Waals surface area contributed by atoms with Gasteiger partial charge in [-0.1, -0.05) is 19.1 Å². The molecule has 0 amide bonds. The van der Waals surface area contributed by atoms with E-state index in [1.165, 1.54) is 0 Å². The van der Waals surface area contributed by atoms with E-state index in [9.17, 15) is 9.59 Å². The van der Waals surface area contributed by atoms with E-state index < -0.39 is 17.9 Å². The summed E-state index contributed by atoms with van der Waals surface area (Å²) in [6.45, 7) is 1.93. The standard InChI is InChI=1S/C9H14O4/c1-2-3-4-5-7(9(12)13)6-8(10)11/h3-4,7H,2,5-6H2,1H3,(H,10,11)(H,12,13)/b4-3-. The van der Waals surface area contributed by atoms with Gasteiger partial charge in [-0.2, -0.15) is 0 Å². The fourth-order valence-electron chi connectivity index (χ4n) is 0.909. The molecule has 0 aliphatic rings. The van der Waals surface area contributed by atoms with Crippen LogP contribution in [0.1, 0.15) is 26.2 Å². The molecule has 0 radical (unpaired) electrons. The molecule has 1 unspecified atom stereocenters. The summed E-state index contributed by atoms with van der Waals surface area (Å²) in [5.41, 5.74) is 0. The van der Waals surface area contributed by atoms with Gasteiger partial charge < -0.3 is 10.2 Å². The second-order valence-corrected chi connectivity index (χ2v) is 2.75. The second kappa shape index (κ2) is 6.22. The molecule has 0 aliphatic carbocycles. The van der Waals surface area contributed by atoms with E-state index in [0.29, 0.717) is 0 Å². The van der Waals surface area contributed by atoms with E-state index in [-0.39, 0.29) is 12.8 Å². The second-order valence-electron chi connectivity index (χ2n) is 2.75. The van der Waals surface area contributed by atoms with Gasteiger partial charge in [-0.05, 0) is 12.8 Å². The van der Waals surface area contributed by atoms with Gasteiger partial charge in [0.05, 0.1) is 12.3 Å². The lowest BCUT2D eigenvalue weighted by molar-refractivity contribution is -0.148. The summed E-state index contributed by atoms with van der Waals surface area (Å²) in [4.78, 5) is 20.8. The summed E-state index contributed by atoms with van der Waals surface area (Å²) in [6, 6.07) is 0. The Hall–Kier alpha value is -1.32. The third kappa shape index (κ3) is 5.90. The van der Waals surface area contributed by atoms with Gasteiger partial charge >= 0.3 is 11.9 Å². The van der Waals surface area contributed by atoms with Crippen LogP contribution in [0.4, 0.5) is 0 Å². The Morgan fingerprint density at radius 2 is 1.92 bits per heavy atom. The van der Waals surface area contributed by atoms with Crippen LogP contribution >= 0.6 is 0 Å². The van der Waals surface area contributed by atoms with E-state index >= 15 is 0 Å². The lowest BCUT2D eigenvalue weighted by atomic mass is 10.0. The van der Waals surface area contributed by atoms with Gasteiger partial charge in [-0.25, -0.2) is 0 Å². The van der Waals surface area contributed by atoms with Gasteiger partial charge in [-0.15, -0.1) is 0 Å². The van der Waals surface area contributed by atoms with Crippen LogP contribution in [0.15, 0.2) is 12.2 Å². The molecule has 0 aromatic heterocycles. The maximum atomic E-state index is 10.5. The van der Waals surface area contributed by atoms with Crippen LogP contribution in [-0.2, 0) is 9.59 Å². The SMILES string of the molecule is CC/C=C\CC(CC(=O)O)C(=O)O. The molecule has 0 fully saturated rings. The molecular formula is C9H14O4. The van der Waals surface area contributed by atoms with Gasteiger partial charge in [0.25, 0.3) is 0 Å². The van der Waals surface area contributed by atoms with Crippen molar-refractivity contribution in [1.29, 1.82) is 0 Å². The van der Waals surface area contributed by atoms with E-state index in [1.54, 1.807) is 6.08 Å². The third-order valence-corrected chi connectivity index (χ3v) is 1.59. The van der Waals surface area contributed by atoms with Crippen molar-refractivity contribution in [2.45, 2.75) is 26.2 Å². The van der Waals surface area contributed by atoms with Gasteiger partial charge in [0.2, 0.25) is 0 Å². The summed E-state index contributed by atoms with van der Waals surface area (Å²) in [7, 11) is 0. The molecule has 0 aromatic carbocycles. The van der Waals surface area contributed by atoms with Crippen LogP contribution < -0.4 is 0 Å². The molecule has 0 spiro atoms. The largest absolute Gasteiger partial charge is 0.481 e. The van der Waals surface area contributed by atoms with Crippen molar-refractivity contribution in [1.82, 2.24) is 0 Å². The van der Waals surface area contributed by atoms with E-state index in [4.69, 9.17) is 10.2 Å². The number of carbonyl (C=O) groups is 2. The number of hydrogen-bond donors (Lipinski definition) is 2. The van der Waals surface area contributed by atoms with Gasteiger partial charge in [0.15, 0.2) is 0 Å². The maximum absolute atomic E-state index is 10.5. The van der Waals surface area contributed by atoms with Gasteiger partial charge in [-0.3, -0.25) is 9.59 Å². The summed E-state index contributed by atoms with van der Waals surface area (Å²) in [6.07, 6.45) is 4.35. The number of hydrogen-bond acceptors (Lipinski definition) is 2. The number of rotatable bonds is 6. The van der Waals surface area contributed by atoms with Crippen LogP contribution in [0.25, 0.3) is 0 Å². The third-order valence-electron chi connectivity index (χ3n) is 1.59. The summed E-state index contributed by atoms with van der Waals surface area (Å²) >= 11 is 0. The molecule has 2 N–H and O–H groups in total. The van der Waals surface area contributed by atoms with Crippen LogP contribution in [0.5, 0.6) is 0 Å². The first kappa shape index (κ1) is 11.7. The normalized spacial score (nSPS) is 13.0. The molecule has 0 rings (SSSR count). The fourth-order valence-corrected chi connectivity index (χ4v) is 0.909. The number of allylic oxidation sites excluding steroid dienone is 2. The van der Waals surface area contributed by atoms with Crippen molar-refractivity contribution in [3.8, 4) is 0 Å². The van der Waals surface area contributed by atoms with Crippen LogP contribution in [-0.4, -0.2) is 22.2 Å². The molecule has 4 nitrogen and oxygen atoms in total. The van der Waals surface area contributed by atoms with E-state index in [0.717, 1.165) is 6.42 Å². The molecule has 13 heavy (non-hydrogen) atoms. The minimum Gasteiger partial charge on any atom is -0.481 e. The Balaban J connectivity index is 4.02. The van der Waals surface area contributed by atoms with Gasteiger partial charge in [0.1, 0.15) is 0 Å². The lowest BCUT2D eigenvalue weighted by Crippen LogP contribution is -2.16. The lowest BCUT2D eigenvalue weighted by Gasteiger charge is -2.05. The molecule has 1 atom stereocenters. The Morgan fingerprint density at radius 3 is 2.31 bits per heavy atom. The number of carboxylic acids is 2. The average molecular weight is 186 g/mol. The average Bonchev–Trinajstić information content (AvgIpc) is 2.02. The zero-order valence-corrected chi connectivity index (χ0v) is 7.56. The fraction of sp³-hybridized carbons (Fsp3) is 0.556. The highest BCUT2D eigenvalue weighted by atomic mass is 16.4. The molecule has 0 aromatic rings. The van der Waals surface area contributed by atoms with E-state index in [2.05, 4.69) is 0 Å². The first-order chi connectivity index (χ1) is 6.07. The first-order valence-electron chi connectivity index (χ1n) is 4.17. The van der Waals surface area contributed by atoms with Crippen molar-refractivity contribution in [3.05, 3.63) is 12.2 Å². The van der Waals surface area contributed by atoms with Crippen molar-refractivity contribution in [2.24, 2.45) is 5.92 Å². The summed E-state index contributed by atoms with van der Waals surface area (Å²) in [5, 5.41) is 17.0. The Bertz CT molecular complexity index is 208. The predicted molar refractivity (Wildman–Crippen MR) is 47.4 cm³/mol. The molecule has 74 valence electrons. The first-order valence-corrected chi connectivity index (χ1v) is 4.17. The highest BCUT2D eigenvalue weighted by Gasteiger charge is 2.18. The molecular weight excluding hydrogens is 172 g/mol. The maximum Gasteiger partial charge on any atom is 0.307 e. The van der Waals surface area contributed by atoms with Crippen LogP contribution in [0, 0.1) is 5.92 Å². The molecule has 0 saturated carbocycles. The minimum atomic E-state index is -1.07. The summed E-state index contributed by atoms with van der Waals surface area (Å²) in [5.74, 6) is -2.93. The Morgan fingerprint density at radius 1 is 1.31 bits per heavy atom. The number of carboxylic acid groups (broad SMARTS) is 2. The zero-order chi connectivity index (χ0) is 10.3. The molecule has 0 heterocycles. The molecule has 4 heteroatoms. The van der Waals surface area contributed by atoms with Crippen molar-refractivity contribution >= 4 is 11.9 Å². The highest BCUT2D eigenvalue weighted by Crippen LogP contribution is 2.09. The number of aliphatic carboxylic acids is 2. The molecule has 0 aliphatic heterocycles. The van der Waals surface area contributed by atoms with Crippen molar-refractivity contribution < 1.29 is 19.8 Å². The predicted octanol–water partition coefficient (Wildman–Crippen LogP) is 1.52. The van der Waals surface area contributed by atoms with Gasteiger partial charge in [0, 0.05) is 0 Å². The smallest absolute Gasteiger partial charge is 0.307 e. The highest BCUT2D eigenvalue weighted by molar-refractivity contribution is 5.77. The Labute approximate surface area is 76.9 Å². The van der Waals surface area contributed by atoms with Crippen molar-refractivity contribution in [3.63, 3.8) is 0 Å². The van der Waals surface area contributed by atoms with E-state index in [1.807, 2.05) is 13.0 Å². The van der Waals surface area contributed by atoms with Crippen LogP contribution in [0.3, 0.4) is 0 Å². The topological polar surface area (TPSA) is 74.6 Å². The van der Waals surface area contributed by atoms with Crippen LogP contribution in [0.2, 0.25) is 0 Å². The van der Waals surface area contributed by atoms with Crippen molar-refractivity contribution in [2.75, 3.05) is 0 Å². The Kier molecular flexibility index (Phi) is 5.59. The molecule has 0 bridgehead atoms. The molecule has 0 saturated heterocycles. The quantitative estimate of drug-likeness (QED) is 0.616. The summed E-state index contributed by atoms with van der Waals surface area (Å²) < 4.78 is 0. The monoisotopic (exact) mass is 186 g/mol.